The number of aromatic nitrogens is 2. The minimum atomic E-state index is -5.11. The van der Waals surface area contributed by atoms with Crippen molar-refractivity contribution < 1.29 is 44.0 Å². The van der Waals surface area contributed by atoms with Gasteiger partial charge in [0.05, 0.1) is 27.7 Å². The van der Waals surface area contributed by atoms with Crippen molar-refractivity contribution in [2.24, 2.45) is 0 Å². The van der Waals surface area contributed by atoms with Gasteiger partial charge >= 0.3 is 18.4 Å². The van der Waals surface area contributed by atoms with Gasteiger partial charge in [0, 0.05) is 5.56 Å². The Labute approximate surface area is 195 Å². The maximum atomic E-state index is 13.0. The molecule has 0 saturated carbocycles. The van der Waals surface area contributed by atoms with E-state index in [1.807, 2.05) is 5.32 Å². The Morgan fingerprint density at radius 3 is 1.97 bits per heavy atom. The van der Waals surface area contributed by atoms with Crippen molar-refractivity contribution in [3.8, 4) is 0 Å². The van der Waals surface area contributed by atoms with Crippen LogP contribution in [-0.2, 0) is 28.6 Å². The largest absolute Gasteiger partial charge is 0.416 e. The maximum absolute atomic E-state index is 13.0. The molecule has 0 saturated heterocycles. The zero-order chi connectivity index (χ0) is 26.2. The highest BCUT2D eigenvalue weighted by molar-refractivity contribution is 7.92. The molecule has 0 aliphatic carbocycles. The Morgan fingerprint density at radius 1 is 0.943 bits per heavy atom. The van der Waals surface area contributed by atoms with Gasteiger partial charge in [-0.15, -0.1) is 5.10 Å². The molecule has 1 aromatic heterocycles. The second-order valence-corrected chi connectivity index (χ2v) is 10.2. The third-order valence-corrected chi connectivity index (χ3v) is 6.94. The summed E-state index contributed by atoms with van der Waals surface area (Å²) in [6.07, 6.45) is -10.2. The molecule has 1 heterocycles. The van der Waals surface area contributed by atoms with Crippen molar-refractivity contribution >= 4 is 21.8 Å². The molecule has 1 amide bonds. The van der Waals surface area contributed by atoms with Gasteiger partial charge in [0.1, 0.15) is 0 Å². The van der Waals surface area contributed by atoms with E-state index < -0.39 is 56.1 Å². The summed E-state index contributed by atoms with van der Waals surface area (Å²) in [5.74, 6) is -1.36. The predicted molar refractivity (Wildman–Crippen MR) is 110 cm³/mol. The van der Waals surface area contributed by atoms with E-state index in [9.17, 15) is 39.6 Å². The minimum Gasteiger partial charge on any atom is -0.407 e. The Morgan fingerprint density at radius 2 is 1.49 bits per heavy atom. The number of alkyl halides is 6. The number of sulfone groups is 1. The molecule has 2 aromatic carbocycles. The van der Waals surface area contributed by atoms with Gasteiger partial charge in [-0.25, -0.2) is 8.42 Å². The summed E-state index contributed by atoms with van der Waals surface area (Å²) in [5.41, 5.74) is -3.63. The van der Waals surface area contributed by atoms with Crippen molar-refractivity contribution in [1.82, 2.24) is 10.2 Å². The highest BCUT2D eigenvalue weighted by atomic mass is 32.2. The van der Waals surface area contributed by atoms with E-state index in [0.717, 1.165) is 0 Å². The molecule has 0 spiro atoms. The zero-order valence-electron chi connectivity index (χ0n) is 18.0. The van der Waals surface area contributed by atoms with Crippen LogP contribution in [-0.4, -0.2) is 29.8 Å². The van der Waals surface area contributed by atoms with E-state index in [4.69, 9.17) is 4.42 Å². The predicted octanol–water partition coefficient (Wildman–Crippen LogP) is 5.13. The Kier molecular flexibility index (Phi) is 6.97. The van der Waals surface area contributed by atoms with E-state index in [-0.39, 0.29) is 35.4 Å². The standard InChI is InChI=1S/C21H17F6N3O4S/c1-11(2)35(32,33)16-5-3-12(4-6-16)7-17-29-30-19(34-17)28-18(31)13-8-14(20(22,23)24)10-15(9-13)21(25,26)27/h3-6,8-11H,7H2,1-2H3,(H,28,30,31). The SMILES string of the molecule is CC(C)S(=O)(=O)c1ccc(Cc2nnc(NC(=O)c3cc(C(F)(F)F)cc(C(F)(F)F)c3)o2)cc1. The number of benzene rings is 2. The van der Waals surface area contributed by atoms with Crippen molar-refractivity contribution in [3.05, 3.63) is 70.6 Å². The van der Waals surface area contributed by atoms with Crippen molar-refractivity contribution in [2.45, 2.75) is 42.8 Å². The smallest absolute Gasteiger partial charge is 0.407 e. The third-order valence-electron chi connectivity index (χ3n) is 4.77. The average Bonchev–Trinajstić information content (AvgIpc) is 3.19. The van der Waals surface area contributed by atoms with Crippen LogP contribution in [0.3, 0.4) is 0 Å². The molecule has 3 aromatic rings. The second kappa shape index (κ2) is 9.32. The zero-order valence-corrected chi connectivity index (χ0v) is 18.8. The van der Waals surface area contributed by atoms with Crippen LogP contribution in [0.1, 0.15) is 46.8 Å². The molecule has 1 N–H and O–H groups in total. The van der Waals surface area contributed by atoms with Crippen LogP contribution in [0, 0.1) is 0 Å². The summed E-state index contributed by atoms with van der Waals surface area (Å²) >= 11 is 0. The summed E-state index contributed by atoms with van der Waals surface area (Å²) in [6, 6.07) is 5.72. The van der Waals surface area contributed by atoms with Crippen LogP contribution in [0.4, 0.5) is 32.4 Å². The molecule has 35 heavy (non-hydrogen) atoms. The summed E-state index contributed by atoms with van der Waals surface area (Å²) in [6.45, 7) is 3.08. The molecular weight excluding hydrogens is 504 g/mol. The lowest BCUT2D eigenvalue weighted by molar-refractivity contribution is -0.143. The highest BCUT2D eigenvalue weighted by Gasteiger charge is 2.37. The average molecular weight is 521 g/mol. The van der Waals surface area contributed by atoms with Gasteiger partial charge < -0.3 is 4.42 Å². The van der Waals surface area contributed by atoms with Crippen molar-refractivity contribution in [3.63, 3.8) is 0 Å². The van der Waals surface area contributed by atoms with Gasteiger partial charge in [-0.3, -0.25) is 10.1 Å². The van der Waals surface area contributed by atoms with Crippen LogP contribution in [0.2, 0.25) is 0 Å². The van der Waals surface area contributed by atoms with Crippen molar-refractivity contribution in [2.75, 3.05) is 5.32 Å². The minimum absolute atomic E-state index is 0.0205. The number of rotatable bonds is 6. The van der Waals surface area contributed by atoms with Gasteiger partial charge in [0.2, 0.25) is 5.89 Å². The molecule has 0 atom stereocenters. The fraction of sp³-hybridized carbons (Fsp3) is 0.286. The molecule has 3 rings (SSSR count). The normalized spacial score (nSPS) is 12.7. The number of carbonyl (C=O) groups excluding carboxylic acids is 1. The molecule has 0 radical (unpaired) electrons. The van der Waals surface area contributed by atoms with Crippen LogP contribution in [0.15, 0.2) is 51.8 Å². The maximum Gasteiger partial charge on any atom is 0.416 e. The van der Waals surface area contributed by atoms with Crippen LogP contribution >= 0.6 is 0 Å². The number of hydrogen-bond acceptors (Lipinski definition) is 6. The topological polar surface area (TPSA) is 102 Å². The summed E-state index contributed by atoms with van der Waals surface area (Å²) < 4.78 is 107. The number of anilines is 1. The highest BCUT2D eigenvalue weighted by Crippen LogP contribution is 2.36. The number of amides is 1. The van der Waals surface area contributed by atoms with E-state index in [2.05, 4.69) is 10.2 Å². The van der Waals surface area contributed by atoms with Gasteiger partial charge in [-0.2, -0.15) is 26.3 Å². The number of hydrogen-bond donors (Lipinski definition) is 1. The monoisotopic (exact) mass is 521 g/mol. The first-order valence-electron chi connectivity index (χ1n) is 9.83. The molecule has 7 nitrogen and oxygen atoms in total. The first-order chi connectivity index (χ1) is 16.1. The molecule has 14 heteroatoms. The van der Waals surface area contributed by atoms with Gasteiger partial charge in [0.25, 0.3) is 5.91 Å². The Bertz CT molecular complexity index is 1300. The lowest BCUT2D eigenvalue weighted by atomic mass is 10.0. The molecule has 0 unspecified atom stereocenters. The second-order valence-electron chi connectivity index (χ2n) is 7.66. The third kappa shape index (κ3) is 6.18. The molecule has 0 fully saturated rings. The van der Waals surface area contributed by atoms with Crippen LogP contribution in [0.5, 0.6) is 0 Å². The van der Waals surface area contributed by atoms with Gasteiger partial charge in [0.15, 0.2) is 9.84 Å². The molecule has 0 bridgehead atoms. The summed E-state index contributed by atoms with van der Waals surface area (Å²) in [5, 5.41) is 8.53. The number of carbonyl (C=O) groups is 1. The quantitative estimate of drug-likeness (QED) is 0.451. The van der Waals surface area contributed by atoms with Crippen molar-refractivity contribution in [1.29, 1.82) is 0 Å². The Balaban J connectivity index is 1.76. The van der Waals surface area contributed by atoms with E-state index in [1.165, 1.54) is 24.3 Å². The number of nitrogens with one attached hydrogen (secondary N) is 1. The van der Waals surface area contributed by atoms with Gasteiger partial charge in [-0.1, -0.05) is 17.2 Å². The van der Waals surface area contributed by atoms with E-state index in [0.29, 0.717) is 5.56 Å². The Hall–Kier alpha value is -3.42. The molecule has 188 valence electrons. The lowest BCUT2D eigenvalue weighted by Gasteiger charge is -2.13. The molecule has 0 aliphatic rings. The molecule has 0 aliphatic heterocycles. The summed E-state index contributed by atoms with van der Waals surface area (Å²) in [7, 11) is -3.47. The molecular formula is C21H17F6N3O4S. The van der Waals surface area contributed by atoms with E-state index in [1.54, 1.807) is 13.8 Å². The number of nitrogens with zero attached hydrogens (tertiary/aromatic N) is 2. The van der Waals surface area contributed by atoms with E-state index >= 15 is 0 Å². The fourth-order valence-electron chi connectivity index (χ4n) is 2.87. The van der Waals surface area contributed by atoms with Gasteiger partial charge in [-0.05, 0) is 49.7 Å². The summed E-state index contributed by atoms with van der Waals surface area (Å²) in [4.78, 5) is 12.4. The fourth-order valence-corrected chi connectivity index (χ4v) is 3.93. The lowest BCUT2D eigenvalue weighted by Crippen LogP contribution is -2.17. The van der Waals surface area contributed by atoms with Crippen LogP contribution < -0.4 is 5.32 Å². The first kappa shape index (κ1) is 26.2. The first-order valence-corrected chi connectivity index (χ1v) is 11.4. The van der Waals surface area contributed by atoms with Crippen LogP contribution in [0.25, 0.3) is 0 Å². The number of halogens is 6.